The lowest BCUT2D eigenvalue weighted by atomic mass is 9.84. The Balaban J connectivity index is 2.14. The Morgan fingerprint density at radius 3 is 2.67 bits per heavy atom. The summed E-state index contributed by atoms with van der Waals surface area (Å²) in [7, 11) is 0. The molecule has 0 radical (unpaired) electrons. The number of nitrogens with zero attached hydrogens (tertiary/aromatic N) is 1. The Kier molecular flexibility index (Phi) is 3.37. The average Bonchev–Trinajstić information content (AvgIpc) is 2.55. The van der Waals surface area contributed by atoms with E-state index in [0.29, 0.717) is 5.41 Å². The molecule has 0 spiro atoms. The second kappa shape index (κ2) is 4.29. The van der Waals surface area contributed by atoms with Gasteiger partial charge in [0.15, 0.2) is 0 Å². The van der Waals surface area contributed by atoms with Crippen molar-refractivity contribution in [1.82, 2.24) is 4.90 Å². The van der Waals surface area contributed by atoms with Crippen molar-refractivity contribution in [2.75, 3.05) is 18.1 Å². The van der Waals surface area contributed by atoms with Gasteiger partial charge in [0.1, 0.15) is 0 Å². The summed E-state index contributed by atoms with van der Waals surface area (Å²) in [5.74, 6) is 3.77. The molecule has 88 valence electrons. The van der Waals surface area contributed by atoms with Gasteiger partial charge in [-0.2, -0.15) is 11.8 Å². The topological polar surface area (TPSA) is 3.24 Å². The van der Waals surface area contributed by atoms with E-state index in [0.717, 1.165) is 18.0 Å². The monoisotopic (exact) mass is 227 g/mol. The van der Waals surface area contributed by atoms with Gasteiger partial charge in [0, 0.05) is 12.1 Å². The molecule has 0 amide bonds. The summed E-state index contributed by atoms with van der Waals surface area (Å²) in [5.41, 5.74) is 0.456. The molecule has 0 aromatic rings. The van der Waals surface area contributed by atoms with Crippen LogP contribution < -0.4 is 0 Å². The van der Waals surface area contributed by atoms with Crippen LogP contribution in [0, 0.1) is 11.3 Å². The van der Waals surface area contributed by atoms with E-state index in [1.54, 1.807) is 0 Å². The Labute approximate surface area is 99.0 Å². The lowest BCUT2D eigenvalue weighted by molar-refractivity contribution is 0.109. The van der Waals surface area contributed by atoms with Crippen LogP contribution in [0.3, 0.4) is 0 Å². The molecule has 1 nitrogen and oxygen atoms in total. The lowest BCUT2D eigenvalue weighted by Gasteiger charge is -2.38. The molecule has 0 aromatic carbocycles. The van der Waals surface area contributed by atoms with Crippen LogP contribution in [-0.2, 0) is 0 Å². The third-order valence-corrected chi connectivity index (χ3v) is 5.34. The fourth-order valence-electron chi connectivity index (χ4n) is 3.41. The lowest BCUT2D eigenvalue weighted by Crippen LogP contribution is -2.44. The van der Waals surface area contributed by atoms with Gasteiger partial charge in [-0.3, -0.25) is 4.90 Å². The SMILES string of the molecule is CCN1C2CCSCC2CC1C(C)(C)C. The fraction of sp³-hybridized carbons (Fsp3) is 1.00. The van der Waals surface area contributed by atoms with Gasteiger partial charge in [-0.15, -0.1) is 0 Å². The average molecular weight is 227 g/mol. The van der Waals surface area contributed by atoms with Crippen molar-refractivity contribution >= 4 is 11.8 Å². The quantitative estimate of drug-likeness (QED) is 0.676. The Morgan fingerprint density at radius 2 is 2.07 bits per heavy atom. The van der Waals surface area contributed by atoms with Crippen LogP contribution in [0.4, 0.5) is 0 Å². The van der Waals surface area contributed by atoms with E-state index in [1.807, 2.05) is 0 Å². The Bertz CT molecular complexity index is 221. The maximum absolute atomic E-state index is 2.80. The highest BCUT2D eigenvalue weighted by Crippen LogP contribution is 2.43. The van der Waals surface area contributed by atoms with Crippen LogP contribution in [0.5, 0.6) is 0 Å². The van der Waals surface area contributed by atoms with E-state index >= 15 is 0 Å². The van der Waals surface area contributed by atoms with Crippen molar-refractivity contribution in [3.63, 3.8) is 0 Å². The first kappa shape index (κ1) is 11.8. The van der Waals surface area contributed by atoms with Crippen molar-refractivity contribution in [2.45, 2.75) is 52.6 Å². The number of hydrogen-bond acceptors (Lipinski definition) is 2. The second-order valence-corrected chi connectivity index (χ2v) is 7.29. The minimum Gasteiger partial charge on any atom is -0.297 e. The van der Waals surface area contributed by atoms with Crippen molar-refractivity contribution < 1.29 is 0 Å². The molecule has 2 aliphatic heterocycles. The van der Waals surface area contributed by atoms with Crippen molar-refractivity contribution in [3.8, 4) is 0 Å². The van der Waals surface area contributed by atoms with Gasteiger partial charge in [-0.1, -0.05) is 27.7 Å². The summed E-state index contributed by atoms with van der Waals surface area (Å²) in [5, 5.41) is 0. The van der Waals surface area contributed by atoms with Crippen LogP contribution in [0.1, 0.15) is 40.5 Å². The smallest absolute Gasteiger partial charge is 0.0150 e. The van der Waals surface area contributed by atoms with E-state index < -0.39 is 0 Å². The van der Waals surface area contributed by atoms with Gasteiger partial charge in [0.05, 0.1) is 0 Å². The normalized spacial score (nSPS) is 38.0. The first-order valence-corrected chi connectivity index (χ1v) is 7.53. The minimum absolute atomic E-state index is 0.456. The molecule has 2 rings (SSSR count). The summed E-state index contributed by atoms with van der Waals surface area (Å²) < 4.78 is 0. The highest BCUT2D eigenvalue weighted by Gasteiger charge is 2.45. The number of hydrogen-bond donors (Lipinski definition) is 0. The predicted molar refractivity (Wildman–Crippen MR) is 69.5 cm³/mol. The first-order valence-electron chi connectivity index (χ1n) is 6.37. The summed E-state index contributed by atoms with van der Waals surface area (Å²) in [4.78, 5) is 2.80. The van der Waals surface area contributed by atoms with E-state index in [-0.39, 0.29) is 0 Å². The van der Waals surface area contributed by atoms with Crippen LogP contribution in [0.2, 0.25) is 0 Å². The molecule has 2 heterocycles. The zero-order valence-electron chi connectivity index (χ0n) is 10.6. The molecule has 0 aliphatic carbocycles. The summed E-state index contributed by atoms with van der Waals surface area (Å²) in [6, 6.07) is 1.72. The van der Waals surface area contributed by atoms with Gasteiger partial charge in [-0.25, -0.2) is 0 Å². The van der Waals surface area contributed by atoms with Gasteiger partial charge in [-0.05, 0) is 42.2 Å². The standard InChI is InChI=1S/C13H25NS/c1-5-14-11-6-7-15-9-10(11)8-12(14)13(2,3)4/h10-12H,5-9H2,1-4H3. The van der Waals surface area contributed by atoms with Crippen molar-refractivity contribution in [1.29, 1.82) is 0 Å². The zero-order valence-corrected chi connectivity index (χ0v) is 11.4. The third kappa shape index (κ3) is 2.21. The van der Waals surface area contributed by atoms with Crippen LogP contribution in [-0.4, -0.2) is 35.0 Å². The Hall–Kier alpha value is 0.310. The number of thioether (sulfide) groups is 1. The van der Waals surface area contributed by atoms with Gasteiger partial charge >= 0.3 is 0 Å². The summed E-state index contributed by atoms with van der Waals surface area (Å²) in [6.07, 6.45) is 2.87. The molecule has 3 unspecified atom stereocenters. The Morgan fingerprint density at radius 1 is 1.33 bits per heavy atom. The zero-order chi connectivity index (χ0) is 11.1. The summed E-state index contributed by atoms with van der Waals surface area (Å²) >= 11 is 2.17. The van der Waals surface area contributed by atoms with Crippen LogP contribution in [0.15, 0.2) is 0 Å². The fourth-order valence-corrected chi connectivity index (χ4v) is 4.64. The second-order valence-electron chi connectivity index (χ2n) is 6.14. The highest BCUT2D eigenvalue weighted by atomic mass is 32.2. The molecule has 2 saturated heterocycles. The maximum Gasteiger partial charge on any atom is 0.0150 e. The molecule has 0 N–H and O–H groups in total. The van der Waals surface area contributed by atoms with Crippen molar-refractivity contribution in [2.24, 2.45) is 11.3 Å². The van der Waals surface area contributed by atoms with Gasteiger partial charge < -0.3 is 0 Å². The molecule has 2 aliphatic rings. The highest BCUT2D eigenvalue weighted by molar-refractivity contribution is 7.99. The molecule has 0 saturated carbocycles. The molecular weight excluding hydrogens is 202 g/mol. The van der Waals surface area contributed by atoms with E-state index in [2.05, 4.69) is 44.4 Å². The molecule has 15 heavy (non-hydrogen) atoms. The number of likely N-dealkylation sites (tertiary alicyclic amines) is 1. The maximum atomic E-state index is 2.80. The van der Waals surface area contributed by atoms with E-state index in [4.69, 9.17) is 0 Å². The van der Waals surface area contributed by atoms with Crippen LogP contribution in [0.25, 0.3) is 0 Å². The molecule has 2 heteroatoms. The number of fused-ring (bicyclic) bond motifs is 1. The van der Waals surface area contributed by atoms with Crippen LogP contribution >= 0.6 is 11.8 Å². The minimum atomic E-state index is 0.456. The van der Waals surface area contributed by atoms with Gasteiger partial charge in [0.25, 0.3) is 0 Å². The molecule has 0 bridgehead atoms. The predicted octanol–water partition coefficient (Wildman–Crippen LogP) is 3.25. The molecule has 2 fully saturated rings. The van der Waals surface area contributed by atoms with Crippen molar-refractivity contribution in [3.05, 3.63) is 0 Å². The molecular formula is C13H25NS. The molecule has 0 aromatic heterocycles. The van der Waals surface area contributed by atoms with E-state index in [9.17, 15) is 0 Å². The van der Waals surface area contributed by atoms with E-state index in [1.165, 1.54) is 30.9 Å². The van der Waals surface area contributed by atoms with Gasteiger partial charge in [0.2, 0.25) is 0 Å². The first-order chi connectivity index (χ1) is 7.04. The molecule has 3 atom stereocenters. The largest absolute Gasteiger partial charge is 0.297 e. The third-order valence-electron chi connectivity index (χ3n) is 4.15. The number of rotatable bonds is 1. The summed E-state index contributed by atoms with van der Waals surface area (Å²) in [6.45, 7) is 10.8.